The van der Waals surface area contributed by atoms with Crippen LogP contribution in [-0.4, -0.2) is 0 Å². The molecule has 12 heavy (non-hydrogen) atoms. The molecule has 2 rings (SSSR count). The third-order valence-electron chi connectivity index (χ3n) is 3.49. The molecule has 2 aliphatic carbocycles. The van der Waals surface area contributed by atoms with Gasteiger partial charge in [0, 0.05) is 0 Å². The summed E-state index contributed by atoms with van der Waals surface area (Å²) in [4.78, 5) is 0. The van der Waals surface area contributed by atoms with Crippen molar-refractivity contribution in [3.8, 4) is 0 Å². The van der Waals surface area contributed by atoms with Crippen LogP contribution in [0.3, 0.4) is 0 Å². The van der Waals surface area contributed by atoms with Gasteiger partial charge in [-0.25, -0.2) is 0 Å². The molecule has 0 bridgehead atoms. The molecule has 66 valence electrons. The monoisotopic (exact) mass is 162 g/mol. The van der Waals surface area contributed by atoms with Gasteiger partial charge in [-0.3, -0.25) is 0 Å². The van der Waals surface area contributed by atoms with Crippen molar-refractivity contribution in [1.29, 1.82) is 0 Å². The van der Waals surface area contributed by atoms with Gasteiger partial charge in [0.2, 0.25) is 0 Å². The third kappa shape index (κ3) is 1.49. The molecule has 0 radical (unpaired) electrons. The van der Waals surface area contributed by atoms with Crippen LogP contribution in [0.1, 0.15) is 45.4 Å². The minimum absolute atomic E-state index is 0.745. The summed E-state index contributed by atoms with van der Waals surface area (Å²) >= 11 is 0. The van der Waals surface area contributed by atoms with Crippen LogP contribution in [-0.2, 0) is 0 Å². The van der Waals surface area contributed by atoms with E-state index in [1.54, 1.807) is 0 Å². The van der Waals surface area contributed by atoms with Gasteiger partial charge >= 0.3 is 0 Å². The molecule has 0 heteroatoms. The molecule has 0 aromatic carbocycles. The lowest BCUT2D eigenvalue weighted by molar-refractivity contribution is 0.0935. The highest BCUT2D eigenvalue weighted by Gasteiger charge is 2.36. The average Bonchev–Trinajstić information content (AvgIpc) is 1.93. The zero-order chi connectivity index (χ0) is 8.44. The Kier molecular flexibility index (Phi) is 2.11. The summed E-state index contributed by atoms with van der Waals surface area (Å²) in [6, 6.07) is 0. The van der Waals surface area contributed by atoms with Crippen molar-refractivity contribution >= 4 is 0 Å². The van der Waals surface area contributed by atoms with Crippen LogP contribution < -0.4 is 0 Å². The molecule has 0 aromatic rings. The first-order valence-corrected chi connectivity index (χ1v) is 5.22. The second-order valence-electron chi connectivity index (χ2n) is 4.61. The van der Waals surface area contributed by atoms with Gasteiger partial charge in [-0.1, -0.05) is 13.3 Å². The van der Waals surface area contributed by atoms with E-state index in [9.17, 15) is 0 Å². The molecule has 2 aliphatic rings. The summed E-state index contributed by atoms with van der Waals surface area (Å²) in [5.74, 6) is 0.752. The second kappa shape index (κ2) is 3.11. The molecule has 1 fully saturated rings. The second-order valence-corrected chi connectivity index (χ2v) is 4.61. The molecule has 1 atom stereocenters. The number of hydrogen-bond acceptors (Lipinski definition) is 0. The van der Waals surface area contributed by atoms with Crippen LogP contribution >= 0.6 is 0 Å². The van der Waals surface area contributed by atoms with E-state index in [1.807, 2.05) is 0 Å². The van der Waals surface area contributed by atoms with Crippen molar-refractivity contribution in [3.05, 3.63) is 17.9 Å². The van der Waals surface area contributed by atoms with Gasteiger partial charge in [0.15, 0.2) is 0 Å². The molecular formula is C12H18. The summed E-state index contributed by atoms with van der Waals surface area (Å²) in [6.45, 7) is 2.33. The fourth-order valence-corrected chi connectivity index (χ4v) is 2.67. The molecule has 0 saturated heterocycles. The third-order valence-corrected chi connectivity index (χ3v) is 3.49. The molecule has 1 unspecified atom stereocenters. The van der Waals surface area contributed by atoms with Crippen LogP contribution in [0, 0.1) is 11.3 Å². The van der Waals surface area contributed by atoms with Gasteiger partial charge in [-0.15, -0.1) is 5.73 Å². The lowest BCUT2D eigenvalue weighted by Crippen LogP contribution is -2.31. The highest BCUT2D eigenvalue weighted by Crippen LogP contribution is 2.49. The molecule has 0 nitrogen and oxygen atoms in total. The summed E-state index contributed by atoms with van der Waals surface area (Å²) in [5.41, 5.74) is 4.02. The van der Waals surface area contributed by atoms with E-state index in [1.165, 1.54) is 38.5 Å². The summed E-state index contributed by atoms with van der Waals surface area (Å²) < 4.78 is 0. The van der Waals surface area contributed by atoms with Gasteiger partial charge in [0.25, 0.3) is 0 Å². The van der Waals surface area contributed by atoms with E-state index < -0.39 is 0 Å². The zero-order valence-corrected chi connectivity index (χ0v) is 7.97. The Morgan fingerprint density at radius 3 is 2.83 bits per heavy atom. The van der Waals surface area contributed by atoms with Crippen LogP contribution in [0.15, 0.2) is 17.9 Å². The number of hydrogen-bond donors (Lipinski definition) is 0. The standard InChI is InChI=1S/C12H18/c1-11-6-3-2-4-7-12(10-11)8-5-9-12/h2,6,11H,4-5,7-10H2,1H3. The molecule has 0 N–H and O–H groups in total. The van der Waals surface area contributed by atoms with E-state index in [4.69, 9.17) is 0 Å². The van der Waals surface area contributed by atoms with E-state index in [-0.39, 0.29) is 0 Å². The molecule has 0 heterocycles. The first-order valence-electron chi connectivity index (χ1n) is 5.22. The molecule has 0 aliphatic heterocycles. The van der Waals surface area contributed by atoms with Crippen LogP contribution in [0.25, 0.3) is 0 Å². The Balaban J connectivity index is 2.07. The maximum atomic E-state index is 3.27. The highest BCUT2D eigenvalue weighted by molar-refractivity contribution is 4.99. The van der Waals surface area contributed by atoms with Gasteiger partial charge in [0.1, 0.15) is 0 Å². The maximum Gasteiger partial charge on any atom is -0.0181 e. The molecule has 1 spiro atoms. The fourth-order valence-electron chi connectivity index (χ4n) is 2.67. The van der Waals surface area contributed by atoms with Gasteiger partial charge in [-0.05, 0) is 55.6 Å². The fraction of sp³-hybridized carbons (Fsp3) is 0.750. The predicted molar refractivity (Wildman–Crippen MR) is 52.0 cm³/mol. The quantitative estimate of drug-likeness (QED) is 0.476. The van der Waals surface area contributed by atoms with Gasteiger partial charge in [-0.2, -0.15) is 0 Å². The SMILES string of the molecule is CC1C=C=CCCC2(CCC2)C1. The Labute approximate surface area is 75.4 Å². The van der Waals surface area contributed by atoms with Crippen molar-refractivity contribution in [2.45, 2.75) is 45.4 Å². The first kappa shape index (κ1) is 8.13. The number of rotatable bonds is 0. The Morgan fingerprint density at radius 1 is 1.33 bits per heavy atom. The number of allylic oxidation sites excluding steroid dienone is 1. The van der Waals surface area contributed by atoms with E-state index in [2.05, 4.69) is 24.8 Å². The minimum atomic E-state index is 0.745. The Bertz CT molecular complexity index is 214. The molecule has 0 aromatic heterocycles. The van der Waals surface area contributed by atoms with Crippen molar-refractivity contribution in [2.24, 2.45) is 11.3 Å². The molecule has 1 saturated carbocycles. The van der Waals surface area contributed by atoms with Crippen LogP contribution in [0.2, 0.25) is 0 Å². The minimum Gasteiger partial charge on any atom is -0.129 e. The molecule has 0 amide bonds. The Hall–Kier alpha value is -0.480. The van der Waals surface area contributed by atoms with Crippen molar-refractivity contribution in [1.82, 2.24) is 0 Å². The zero-order valence-electron chi connectivity index (χ0n) is 7.97. The van der Waals surface area contributed by atoms with Gasteiger partial charge in [0.05, 0.1) is 0 Å². The largest absolute Gasteiger partial charge is 0.129 e. The maximum absolute atomic E-state index is 3.27. The summed E-state index contributed by atoms with van der Waals surface area (Å²) in [6.07, 6.45) is 13.0. The summed E-state index contributed by atoms with van der Waals surface area (Å²) in [7, 11) is 0. The van der Waals surface area contributed by atoms with E-state index in [0.717, 1.165) is 11.3 Å². The summed E-state index contributed by atoms with van der Waals surface area (Å²) in [5, 5.41) is 0. The van der Waals surface area contributed by atoms with E-state index >= 15 is 0 Å². The topological polar surface area (TPSA) is 0 Å². The van der Waals surface area contributed by atoms with Crippen LogP contribution in [0.5, 0.6) is 0 Å². The van der Waals surface area contributed by atoms with Crippen LogP contribution in [0.4, 0.5) is 0 Å². The molecular weight excluding hydrogens is 144 g/mol. The lowest BCUT2D eigenvalue weighted by atomic mass is 9.62. The smallest absolute Gasteiger partial charge is 0.0181 e. The Morgan fingerprint density at radius 2 is 2.17 bits per heavy atom. The predicted octanol–water partition coefficient (Wildman–Crippen LogP) is 3.69. The first-order chi connectivity index (χ1) is 5.81. The van der Waals surface area contributed by atoms with E-state index in [0.29, 0.717) is 0 Å². The van der Waals surface area contributed by atoms with Gasteiger partial charge < -0.3 is 0 Å². The average molecular weight is 162 g/mol. The van der Waals surface area contributed by atoms with Crippen molar-refractivity contribution in [2.75, 3.05) is 0 Å². The van der Waals surface area contributed by atoms with Crippen molar-refractivity contribution < 1.29 is 0 Å². The lowest BCUT2D eigenvalue weighted by Gasteiger charge is -2.43. The highest BCUT2D eigenvalue weighted by atomic mass is 14.4. The van der Waals surface area contributed by atoms with Crippen molar-refractivity contribution in [3.63, 3.8) is 0 Å². The normalized spacial score (nSPS) is 32.6.